The van der Waals surface area contributed by atoms with Crippen molar-refractivity contribution in [3.05, 3.63) is 11.8 Å². The van der Waals surface area contributed by atoms with Crippen LogP contribution in [-0.2, 0) is 9.53 Å². The first-order valence-electron chi connectivity index (χ1n) is 6.06. The number of hydrogen-bond donors (Lipinski definition) is 2. The second-order valence-electron chi connectivity index (χ2n) is 4.21. The van der Waals surface area contributed by atoms with Gasteiger partial charge in [0.1, 0.15) is 0 Å². The normalized spacial score (nSPS) is 10.8. The summed E-state index contributed by atoms with van der Waals surface area (Å²) in [5, 5.41) is 9.69. The Morgan fingerprint density at radius 3 is 2.94 bits per heavy atom. The lowest BCUT2D eigenvalue weighted by Gasteiger charge is -2.02. The maximum atomic E-state index is 11.5. The lowest BCUT2D eigenvalue weighted by Crippen LogP contribution is -2.12. The van der Waals surface area contributed by atoms with Gasteiger partial charge in [0.15, 0.2) is 5.82 Å². The van der Waals surface area contributed by atoms with Crippen LogP contribution in [0.2, 0.25) is 0 Å². The highest BCUT2D eigenvalue weighted by Gasteiger charge is 2.07. The molecule has 96 valence electrons. The molecule has 1 heterocycles. The molecule has 0 atom stereocenters. The molecule has 2 N–H and O–H groups in total. The van der Waals surface area contributed by atoms with Crippen LogP contribution in [0.1, 0.15) is 45.2 Å². The van der Waals surface area contributed by atoms with E-state index < -0.39 is 0 Å². The van der Waals surface area contributed by atoms with E-state index in [2.05, 4.69) is 29.4 Å². The van der Waals surface area contributed by atoms with Gasteiger partial charge in [-0.1, -0.05) is 13.8 Å². The SMILES string of the molecule is CCOCCCC(=O)Nc1cc(C(C)C)[nH]n1. The van der Waals surface area contributed by atoms with Crippen LogP contribution < -0.4 is 5.32 Å². The minimum Gasteiger partial charge on any atom is -0.382 e. The third-order valence-electron chi connectivity index (χ3n) is 2.38. The maximum Gasteiger partial charge on any atom is 0.225 e. The fourth-order valence-corrected chi connectivity index (χ4v) is 1.38. The Labute approximate surface area is 102 Å². The van der Waals surface area contributed by atoms with Gasteiger partial charge in [-0.15, -0.1) is 0 Å². The lowest BCUT2D eigenvalue weighted by atomic mass is 10.1. The van der Waals surface area contributed by atoms with Crippen molar-refractivity contribution in [1.29, 1.82) is 0 Å². The van der Waals surface area contributed by atoms with Crippen LogP contribution in [0.5, 0.6) is 0 Å². The summed E-state index contributed by atoms with van der Waals surface area (Å²) in [5.74, 6) is 0.952. The fourth-order valence-electron chi connectivity index (χ4n) is 1.38. The number of aromatic nitrogens is 2. The van der Waals surface area contributed by atoms with E-state index in [0.717, 1.165) is 12.1 Å². The second kappa shape index (κ2) is 7.06. The second-order valence-corrected chi connectivity index (χ2v) is 4.21. The topological polar surface area (TPSA) is 67.0 Å². The Bertz CT molecular complexity index is 347. The minimum absolute atomic E-state index is 0.0218. The highest BCUT2D eigenvalue weighted by Crippen LogP contribution is 2.14. The van der Waals surface area contributed by atoms with E-state index in [9.17, 15) is 4.79 Å². The van der Waals surface area contributed by atoms with Gasteiger partial charge in [0.25, 0.3) is 0 Å². The first-order valence-corrected chi connectivity index (χ1v) is 6.06. The van der Waals surface area contributed by atoms with E-state index in [1.165, 1.54) is 0 Å². The number of H-pyrrole nitrogens is 1. The van der Waals surface area contributed by atoms with Crippen LogP contribution in [0.3, 0.4) is 0 Å². The number of nitrogens with one attached hydrogen (secondary N) is 2. The van der Waals surface area contributed by atoms with E-state index in [4.69, 9.17) is 4.74 Å². The molecule has 0 saturated carbocycles. The van der Waals surface area contributed by atoms with Crippen molar-refractivity contribution in [3.8, 4) is 0 Å². The predicted molar refractivity (Wildman–Crippen MR) is 67.0 cm³/mol. The van der Waals surface area contributed by atoms with Gasteiger partial charge in [-0.2, -0.15) is 5.10 Å². The molecule has 1 aromatic rings. The number of aromatic amines is 1. The van der Waals surface area contributed by atoms with Crippen molar-refractivity contribution in [2.45, 2.75) is 39.5 Å². The number of carbonyl (C=O) groups excluding carboxylic acids is 1. The molecule has 0 aliphatic rings. The Kier molecular flexibility index (Phi) is 5.69. The first-order chi connectivity index (χ1) is 8.13. The monoisotopic (exact) mass is 239 g/mol. The molecule has 1 aromatic heterocycles. The number of rotatable bonds is 7. The van der Waals surface area contributed by atoms with Crippen LogP contribution in [0.25, 0.3) is 0 Å². The Balaban J connectivity index is 2.29. The standard InChI is InChI=1S/C12H21N3O2/c1-4-17-7-5-6-12(16)13-11-8-10(9(2)3)14-15-11/h8-9H,4-7H2,1-3H3,(H2,13,14,15,16). The third-order valence-corrected chi connectivity index (χ3v) is 2.38. The molecule has 1 amide bonds. The molecule has 0 unspecified atom stereocenters. The summed E-state index contributed by atoms with van der Waals surface area (Å²) >= 11 is 0. The van der Waals surface area contributed by atoms with Crippen LogP contribution in [0.4, 0.5) is 5.82 Å². The number of carbonyl (C=O) groups is 1. The van der Waals surface area contributed by atoms with Gasteiger partial charge in [0.05, 0.1) is 0 Å². The van der Waals surface area contributed by atoms with Crippen molar-refractivity contribution < 1.29 is 9.53 Å². The molecule has 0 bridgehead atoms. The summed E-state index contributed by atoms with van der Waals surface area (Å²) < 4.78 is 5.17. The Morgan fingerprint density at radius 2 is 2.35 bits per heavy atom. The van der Waals surface area contributed by atoms with Gasteiger partial charge >= 0.3 is 0 Å². The number of nitrogens with zero attached hydrogens (tertiary/aromatic N) is 1. The molecule has 1 rings (SSSR count). The molecule has 5 heteroatoms. The van der Waals surface area contributed by atoms with E-state index in [1.807, 2.05) is 13.0 Å². The number of hydrogen-bond acceptors (Lipinski definition) is 3. The summed E-state index contributed by atoms with van der Waals surface area (Å²) in [7, 11) is 0. The smallest absolute Gasteiger partial charge is 0.225 e. The quantitative estimate of drug-likeness (QED) is 0.717. The lowest BCUT2D eigenvalue weighted by molar-refractivity contribution is -0.116. The first kappa shape index (κ1) is 13.7. The van der Waals surface area contributed by atoms with Crippen molar-refractivity contribution in [2.24, 2.45) is 0 Å². The van der Waals surface area contributed by atoms with E-state index >= 15 is 0 Å². The molecule has 17 heavy (non-hydrogen) atoms. The zero-order chi connectivity index (χ0) is 12.7. The fraction of sp³-hybridized carbons (Fsp3) is 0.667. The number of amides is 1. The molecule has 0 fully saturated rings. The molecule has 0 spiro atoms. The van der Waals surface area contributed by atoms with Crippen LogP contribution in [0.15, 0.2) is 6.07 Å². The zero-order valence-corrected chi connectivity index (χ0v) is 10.7. The highest BCUT2D eigenvalue weighted by atomic mass is 16.5. The third kappa shape index (κ3) is 4.99. The largest absolute Gasteiger partial charge is 0.382 e. The van der Waals surface area contributed by atoms with Crippen LogP contribution in [-0.4, -0.2) is 29.3 Å². The van der Waals surface area contributed by atoms with E-state index in [1.54, 1.807) is 0 Å². The van der Waals surface area contributed by atoms with Gasteiger partial charge < -0.3 is 10.1 Å². The maximum absolute atomic E-state index is 11.5. The van der Waals surface area contributed by atoms with Gasteiger partial charge in [0, 0.05) is 31.4 Å². The van der Waals surface area contributed by atoms with Gasteiger partial charge in [-0.05, 0) is 19.3 Å². The van der Waals surface area contributed by atoms with E-state index in [0.29, 0.717) is 31.4 Å². The van der Waals surface area contributed by atoms with Crippen LogP contribution >= 0.6 is 0 Å². The summed E-state index contributed by atoms with van der Waals surface area (Å²) in [4.78, 5) is 11.5. The van der Waals surface area contributed by atoms with Crippen molar-refractivity contribution >= 4 is 11.7 Å². The minimum atomic E-state index is -0.0218. The van der Waals surface area contributed by atoms with Crippen molar-refractivity contribution in [1.82, 2.24) is 10.2 Å². The molecule has 0 aliphatic carbocycles. The molecular weight excluding hydrogens is 218 g/mol. The van der Waals surface area contributed by atoms with Gasteiger partial charge in [-0.25, -0.2) is 0 Å². The summed E-state index contributed by atoms with van der Waals surface area (Å²) in [6.07, 6.45) is 1.20. The molecule has 0 radical (unpaired) electrons. The van der Waals surface area contributed by atoms with Crippen molar-refractivity contribution in [2.75, 3.05) is 18.5 Å². The summed E-state index contributed by atoms with van der Waals surface area (Å²) in [6, 6.07) is 1.87. The van der Waals surface area contributed by atoms with Gasteiger partial charge in [0.2, 0.25) is 5.91 Å². The Morgan fingerprint density at radius 1 is 1.59 bits per heavy atom. The number of anilines is 1. The van der Waals surface area contributed by atoms with Crippen molar-refractivity contribution in [3.63, 3.8) is 0 Å². The summed E-state index contributed by atoms with van der Waals surface area (Å²) in [5.41, 5.74) is 1.02. The average molecular weight is 239 g/mol. The summed E-state index contributed by atoms with van der Waals surface area (Å²) in [6.45, 7) is 7.40. The van der Waals surface area contributed by atoms with E-state index in [-0.39, 0.29) is 5.91 Å². The Hall–Kier alpha value is -1.36. The molecular formula is C12H21N3O2. The average Bonchev–Trinajstić information content (AvgIpc) is 2.73. The zero-order valence-electron chi connectivity index (χ0n) is 10.7. The number of ether oxygens (including phenoxy) is 1. The molecule has 5 nitrogen and oxygen atoms in total. The molecule has 0 saturated heterocycles. The van der Waals surface area contributed by atoms with Gasteiger partial charge in [-0.3, -0.25) is 9.89 Å². The highest BCUT2D eigenvalue weighted by molar-refractivity contribution is 5.89. The molecule has 0 aliphatic heterocycles. The van der Waals surface area contributed by atoms with Crippen LogP contribution in [0, 0.1) is 0 Å². The predicted octanol–water partition coefficient (Wildman–Crippen LogP) is 2.29. The molecule has 0 aromatic carbocycles.